The van der Waals surface area contributed by atoms with E-state index in [1.807, 2.05) is 0 Å². The minimum atomic E-state index is 0.245. The lowest BCUT2D eigenvalue weighted by Crippen LogP contribution is -2.57. The summed E-state index contributed by atoms with van der Waals surface area (Å²) in [6, 6.07) is 41.1. The van der Waals surface area contributed by atoms with Gasteiger partial charge in [-0.3, -0.25) is 9.38 Å². The first-order chi connectivity index (χ1) is 24.6. The summed E-state index contributed by atoms with van der Waals surface area (Å²) < 4.78 is 3.18. The Labute approximate surface area is 299 Å². The van der Waals surface area contributed by atoms with Crippen LogP contribution in [0.2, 0.25) is 0 Å². The largest absolute Gasteiger partial charge is 0.307 e. The molecule has 258 valence electrons. The standard InChI is InChI=1S/C45H54N5/c1-4-41-35(2)47-49(36(41)3)40-25-26-42(43-34-48(29-27-46-43)28-17-22-37-18-9-5-10-19-37)45(33-40)50(30-15-8-16-31-50)44(39-23-13-7-14-24-39)32-38-20-11-6-12-21-38/h5-7,9-14,17-26,33,43-44,46H,4,8,15-16,27-32,34H2,1-3H3/q+1. The van der Waals surface area contributed by atoms with E-state index in [0.717, 1.165) is 62.3 Å². The molecule has 50 heavy (non-hydrogen) atoms. The molecule has 5 heteroatoms. The summed E-state index contributed by atoms with van der Waals surface area (Å²) in [4.78, 5) is 2.62. The fourth-order valence-corrected chi connectivity index (χ4v) is 8.76. The molecule has 0 saturated carbocycles. The van der Waals surface area contributed by atoms with Gasteiger partial charge in [0, 0.05) is 55.5 Å². The Hall–Kier alpha value is -4.29. The van der Waals surface area contributed by atoms with Gasteiger partial charge >= 0.3 is 0 Å². The zero-order valence-electron chi connectivity index (χ0n) is 30.3. The van der Waals surface area contributed by atoms with Gasteiger partial charge in [-0.1, -0.05) is 110 Å². The number of hydrogen-bond acceptors (Lipinski definition) is 3. The normalized spacial score (nSPS) is 18.7. The second-order valence-electron chi connectivity index (χ2n) is 14.4. The van der Waals surface area contributed by atoms with Gasteiger partial charge in [0.15, 0.2) is 0 Å². The van der Waals surface area contributed by atoms with Gasteiger partial charge in [-0.25, -0.2) is 4.68 Å². The van der Waals surface area contributed by atoms with Gasteiger partial charge in [-0.15, -0.1) is 0 Å². The number of nitrogens with one attached hydrogen (secondary N) is 1. The third kappa shape index (κ3) is 7.27. The quantitative estimate of drug-likeness (QED) is 0.143. The molecule has 2 aliphatic heterocycles. The van der Waals surface area contributed by atoms with E-state index >= 15 is 0 Å². The van der Waals surface area contributed by atoms with E-state index in [-0.39, 0.29) is 6.04 Å². The maximum absolute atomic E-state index is 5.12. The summed E-state index contributed by atoms with van der Waals surface area (Å²) in [6.07, 6.45) is 10.4. The SMILES string of the molecule is CCc1c(C)nn(-c2ccc(C3CN(CC=Cc4ccccc4)CCN3)c([N+]3(C(Cc4ccccc4)c4ccccc4)CCCCC3)c2)c1C. The van der Waals surface area contributed by atoms with Crippen LogP contribution in [0.3, 0.4) is 0 Å². The number of piperazine rings is 1. The Kier molecular flexibility index (Phi) is 10.7. The highest BCUT2D eigenvalue weighted by Gasteiger charge is 2.44. The van der Waals surface area contributed by atoms with Crippen LogP contribution in [0.25, 0.3) is 11.8 Å². The van der Waals surface area contributed by atoms with E-state index in [0.29, 0.717) is 6.04 Å². The molecule has 0 spiro atoms. The number of likely N-dealkylation sites (tertiary alicyclic amines) is 1. The molecule has 2 aliphatic rings. The first-order valence-corrected chi connectivity index (χ1v) is 18.9. The molecule has 3 heterocycles. The molecule has 0 aliphatic carbocycles. The highest BCUT2D eigenvalue weighted by atomic mass is 15.4. The predicted octanol–water partition coefficient (Wildman–Crippen LogP) is 9.19. The van der Waals surface area contributed by atoms with Crippen molar-refractivity contribution >= 4 is 11.8 Å². The summed E-state index contributed by atoms with van der Waals surface area (Å²) in [5, 5.41) is 9.12. The second-order valence-corrected chi connectivity index (χ2v) is 14.4. The molecule has 0 amide bonds. The van der Waals surface area contributed by atoms with E-state index in [2.05, 4.69) is 157 Å². The van der Waals surface area contributed by atoms with Crippen molar-refractivity contribution < 1.29 is 0 Å². The maximum atomic E-state index is 5.12. The number of benzene rings is 4. The molecule has 2 saturated heterocycles. The van der Waals surface area contributed by atoms with Gasteiger partial charge in [-0.05, 0) is 68.4 Å². The molecular formula is C45H54N5+. The summed E-state index contributed by atoms with van der Waals surface area (Å²) in [7, 11) is 0. The van der Waals surface area contributed by atoms with Crippen molar-refractivity contribution in [2.24, 2.45) is 0 Å². The molecular weight excluding hydrogens is 611 g/mol. The van der Waals surface area contributed by atoms with Gasteiger partial charge in [0.25, 0.3) is 0 Å². The third-order valence-electron chi connectivity index (χ3n) is 11.3. The fourth-order valence-electron chi connectivity index (χ4n) is 8.76. The van der Waals surface area contributed by atoms with Gasteiger partial charge in [0.05, 0.1) is 30.5 Å². The van der Waals surface area contributed by atoms with E-state index in [1.165, 1.54) is 64.1 Å². The van der Waals surface area contributed by atoms with Crippen molar-refractivity contribution in [3.8, 4) is 5.69 Å². The van der Waals surface area contributed by atoms with Gasteiger partial charge < -0.3 is 5.32 Å². The smallest absolute Gasteiger partial charge is 0.140 e. The maximum Gasteiger partial charge on any atom is 0.140 e. The number of nitrogens with zero attached hydrogens (tertiary/aromatic N) is 4. The average Bonchev–Trinajstić information content (AvgIpc) is 3.47. The molecule has 0 bridgehead atoms. The van der Waals surface area contributed by atoms with Gasteiger partial charge in [0.2, 0.25) is 0 Å². The Bertz CT molecular complexity index is 1850. The Morgan fingerprint density at radius 2 is 1.56 bits per heavy atom. The number of piperidine rings is 1. The second kappa shape index (κ2) is 15.7. The minimum absolute atomic E-state index is 0.245. The van der Waals surface area contributed by atoms with E-state index in [1.54, 1.807) is 0 Å². The fraction of sp³-hybridized carbons (Fsp3) is 0.356. The predicted molar refractivity (Wildman–Crippen MR) is 210 cm³/mol. The molecule has 7 rings (SSSR count). The lowest BCUT2D eigenvalue weighted by Gasteiger charge is -2.49. The Balaban J connectivity index is 1.34. The van der Waals surface area contributed by atoms with Crippen LogP contribution in [0.1, 0.15) is 77.5 Å². The van der Waals surface area contributed by atoms with E-state index < -0.39 is 0 Å². The van der Waals surface area contributed by atoms with E-state index in [4.69, 9.17) is 5.10 Å². The van der Waals surface area contributed by atoms with Crippen molar-refractivity contribution in [1.82, 2.24) is 24.5 Å². The van der Waals surface area contributed by atoms with Crippen molar-refractivity contribution in [1.29, 1.82) is 0 Å². The first-order valence-electron chi connectivity index (χ1n) is 18.9. The molecule has 5 aromatic rings. The van der Waals surface area contributed by atoms with Crippen LogP contribution >= 0.6 is 0 Å². The number of aryl methyl sites for hydroxylation is 1. The molecule has 0 radical (unpaired) electrons. The van der Waals surface area contributed by atoms with Crippen molar-refractivity contribution in [2.75, 3.05) is 39.3 Å². The summed E-state index contributed by atoms with van der Waals surface area (Å²) in [5.41, 5.74) is 11.9. The molecule has 2 fully saturated rings. The lowest BCUT2D eigenvalue weighted by atomic mass is 9.88. The molecule has 1 N–H and O–H groups in total. The van der Waals surface area contributed by atoms with Crippen LogP contribution in [-0.4, -0.2) is 53.9 Å². The highest BCUT2D eigenvalue weighted by Crippen LogP contribution is 2.45. The van der Waals surface area contributed by atoms with Crippen molar-refractivity contribution in [3.05, 3.63) is 154 Å². The highest BCUT2D eigenvalue weighted by molar-refractivity contribution is 5.60. The van der Waals surface area contributed by atoms with Crippen molar-refractivity contribution in [2.45, 2.75) is 65.0 Å². The van der Waals surface area contributed by atoms with Gasteiger partial charge in [-0.2, -0.15) is 5.10 Å². The zero-order chi connectivity index (χ0) is 34.3. The number of rotatable bonds is 11. The lowest BCUT2D eigenvalue weighted by molar-refractivity contribution is 0.159. The summed E-state index contributed by atoms with van der Waals surface area (Å²) in [6.45, 7) is 12.9. The first kappa shape index (κ1) is 34.2. The van der Waals surface area contributed by atoms with Crippen LogP contribution in [0, 0.1) is 13.8 Å². The van der Waals surface area contributed by atoms with Gasteiger partial charge in [0.1, 0.15) is 11.7 Å². The summed E-state index contributed by atoms with van der Waals surface area (Å²) in [5.74, 6) is 0. The van der Waals surface area contributed by atoms with Crippen LogP contribution in [0.15, 0.2) is 115 Å². The van der Waals surface area contributed by atoms with Crippen LogP contribution in [0.5, 0.6) is 0 Å². The average molecular weight is 665 g/mol. The molecule has 4 aromatic carbocycles. The van der Waals surface area contributed by atoms with Crippen LogP contribution in [0.4, 0.5) is 5.69 Å². The van der Waals surface area contributed by atoms with Crippen LogP contribution in [-0.2, 0) is 12.8 Å². The molecule has 1 aromatic heterocycles. The molecule has 2 atom stereocenters. The number of aromatic nitrogens is 2. The summed E-state index contributed by atoms with van der Waals surface area (Å²) >= 11 is 0. The molecule has 2 unspecified atom stereocenters. The number of hydrogen-bond donors (Lipinski definition) is 1. The third-order valence-corrected chi connectivity index (χ3v) is 11.3. The Morgan fingerprint density at radius 3 is 2.26 bits per heavy atom. The van der Waals surface area contributed by atoms with Crippen molar-refractivity contribution in [3.63, 3.8) is 0 Å². The van der Waals surface area contributed by atoms with Crippen LogP contribution < -0.4 is 9.80 Å². The zero-order valence-corrected chi connectivity index (χ0v) is 30.3. The van der Waals surface area contributed by atoms with E-state index in [9.17, 15) is 0 Å². The monoisotopic (exact) mass is 664 g/mol. The minimum Gasteiger partial charge on any atom is -0.307 e. The topological polar surface area (TPSA) is 33.1 Å². The number of quaternary nitrogens is 1. The Morgan fingerprint density at radius 1 is 0.860 bits per heavy atom. The molecule has 5 nitrogen and oxygen atoms in total.